The van der Waals surface area contributed by atoms with Gasteiger partial charge in [0.1, 0.15) is 5.25 Å². The Kier molecular flexibility index (Phi) is 7.96. The number of benzene rings is 2. The van der Waals surface area contributed by atoms with Crippen molar-refractivity contribution in [1.29, 1.82) is 0 Å². The van der Waals surface area contributed by atoms with Gasteiger partial charge < -0.3 is 10.6 Å². The number of carbonyl (C=O) groups is 1. The van der Waals surface area contributed by atoms with Gasteiger partial charge >= 0.3 is 0 Å². The third-order valence-corrected chi connectivity index (χ3v) is 8.12. The number of sulfonamides is 1. The highest BCUT2D eigenvalue weighted by molar-refractivity contribution is 7.89. The molecule has 3 N–H and O–H groups in total. The van der Waals surface area contributed by atoms with Gasteiger partial charge in [-0.1, -0.05) is 56.3 Å². The summed E-state index contributed by atoms with van der Waals surface area (Å²) in [5.41, 5.74) is 8.24. The van der Waals surface area contributed by atoms with E-state index in [4.69, 9.17) is 5.73 Å². The van der Waals surface area contributed by atoms with Crippen LogP contribution in [-0.2, 0) is 14.8 Å². The van der Waals surface area contributed by atoms with Crippen LogP contribution in [0.25, 0.3) is 0 Å². The van der Waals surface area contributed by atoms with Crippen LogP contribution in [0.15, 0.2) is 54.6 Å². The summed E-state index contributed by atoms with van der Waals surface area (Å²) in [7, 11) is -3.57. The van der Waals surface area contributed by atoms with E-state index < -0.39 is 15.3 Å². The highest BCUT2D eigenvalue weighted by Gasteiger charge is 2.30. The van der Waals surface area contributed by atoms with E-state index in [1.165, 1.54) is 0 Å². The van der Waals surface area contributed by atoms with Crippen LogP contribution in [-0.4, -0.2) is 27.4 Å². The molecule has 1 unspecified atom stereocenters. The number of carbonyl (C=O) groups excluding carboxylic acids is 1. The second-order valence-corrected chi connectivity index (χ2v) is 11.1. The van der Waals surface area contributed by atoms with E-state index in [1.54, 1.807) is 0 Å². The molecule has 1 aliphatic rings. The fraction of sp³-hybridized carbons (Fsp3) is 0.480. The molecule has 2 atom stereocenters. The zero-order valence-corrected chi connectivity index (χ0v) is 20.0. The maximum absolute atomic E-state index is 13.3. The number of anilines is 1. The zero-order chi connectivity index (χ0) is 23.3. The Labute approximate surface area is 192 Å². The number of primary amides is 1. The van der Waals surface area contributed by atoms with Gasteiger partial charge in [0.15, 0.2) is 0 Å². The summed E-state index contributed by atoms with van der Waals surface area (Å²) in [4.78, 5) is 13.6. The lowest BCUT2D eigenvalue weighted by Gasteiger charge is -2.32. The van der Waals surface area contributed by atoms with Crippen molar-refractivity contribution in [2.45, 2.75) is 51.3 Å². The van der Waals surface area contributed by atoms with Crippen molar-refractivity contribution in [3.05, 3.63) is 65.7 Å². The van der Waals surface area contributed by atoms with Gasteiger partial charge in [-0.15, -0.1) is 0 Å². The molecule has 2 aromatic carbocycles. The number of hydrogen-bond donors (Lipinski definition) is 2. The molecule has 0 aliphatic carbocycles. The average molecular weight is 458 g/mol. The molecule has 6 nitrogen and oxygen atoms in total. The Balaban J connectivity index is 1.69. The fourth-order valence-electron chi connectivity index (χ4n) is 4.33. The standard InChI is InChI=1S/C25H35N3O3S/c1-18(2)17-24(21-7-5-4-6-8-21)32(30,31)27-19(3)20-9-11-23(12-10-20)28-15-13-22(14-16-28)25(26)29/h4-12,18-19,22,24,27H,13-17H2,1-3H3,(H2,26,29)/t19?,24-/m0/s1. The van der Waals surface area contributed by atoms with E-state index in [0.717, 1.165) is 42.7 Å². The lowest BCUT2D eigenvalue weighted by atomic mass is 9.96. The van der Waals surface area contributed by atoms with Crippen molar-refractivity contribution in [3.63, 3.8) is 0 Å². The van der Waals surface area contributed by atoms with E-state index in [-0.39, 0.29) is 23.8 Å². The van der Waals surface area contributed by atoms with Gasteiger partial charge in [-0.2, -0.15) is 0 Å². The van der Waals surface area contributed by atoms with Crippen molar-refractivity contribution in [3.8, 4) is 0 Å². The van der Waals surface area contributed by atoms with Crippen LogP contribution in [0, 0.1) is 11.8 Å². The lowest BCUT2D eigenvalue weighted by molar-refractivity contribution is -0.122. The number of nitrogens with two attached hydrogens (primary N) is 1. The lowest BCUT2D eigenvalue weighted by Crippen LogP contribution is -2.38. The summed E-state index contributed by atoms with van der Waals surface area (Å²) >= 11 is 0. The van der Waals surface area contributed by atoms with Crippen LogP contribution in [0.5, 0.6) is 0 Å². The minimum Gasteiger partial charge on any atom is -0.371 e. The Morgan fingerprint density at radius 1 is 1.00 bits per heavy atom. The third kappa shape index (κ3) is 6.11. The van der Waals surface area contributed by atoms with Crippen molar-refractivity contribution in [2.24, 2.45) is 17.6 Å². The third-order valence-electron chi connectivity index (χ3n) is 6.23. The second-order valence-electron chi connectivity index (χ2n) is 9.17. The van der Waals surface area contributed by atoms with E-state index in [2.05, 4.69) is 9.62 Å². The Bertz CT molecular complexity index is 983. The molecule has 0 spiro atoms. The van der Waals surface area contributed by atoms with Crippen LogP contribution < -0.4 is 15.4 Å². The first kappa shape index (κ1) is 24.3. The molecule has 1 aliphatic heterocycles. The first-order valence-corrected chi connectivity index (χ1v) is 12.9. The molecule has 1 fully saturated rings. The Hall–Kier alpha value is -2.38. The Morgan fingerprint density at radius 3 is 2.12 bits per heavy atom. The number of nitrogens with one attached hydrogen (secondary N) is 1. The highest BCUT2D eigenvalue weighted by atomic mass is 32.2. The molecule has 0 saturated carbocycles. The molecular weight excluding hydrogens is 422 g/mol. The van der Waals surface area contributed by atoms with Crippen LogP contribution in [0.1, 0.15) is 62.5 Å². The van der Waals surface area contributed by atoms with Crippen molar-refractivity contribution in [1.82, 2.24) is 4.72 Å². The molecule has 2 aromatic rings. The average Bonchev–Trinajstić information content (AvgIpc) is 2.77. The number of nitrogens with zero attached hydrogens (tertiary/aromatic N) is 1. The molecule has 0 aromatic heterocycles. The summed E-state index contributed by atoms with van der Waals surface area (Å²) in [6, 6.07) is 17.1. The predicted octanol–water partition coefficient (Wildman–Crippen LogP) is 4.16. The molecule has 7 heteroatoms. The maximum atomic E-state index is 13.3. The smallest absolute Gasteiger partial charge is 0.220 e. The van der Waals surface area contributed by atoms with Gasteiger partial charge in [0, 0.05) is 30.7 Å². The topological polar surface area (TPSA) is 92.5 Å². The summed E-state index contributed by atoms with van der Waals surface area (Å²) in [5.74, 6) is 0.000748. The minimum atomic E-state index is -3.57. The number of hydrogen-bond acceptors (Lipinski definition) is 4. The van der Waals surface area contributed by atoms with Crippen LogP contribution in [0.2, 0.25) is 0 Å². The summed E-state index contributed by atoms with van der Waals surface area (Å²) in [6.07, 6.45) is 2.10. The van der Waals surface area contributed by atoms with Gasteiger partial charge in [-0.25, -0.2) is 13.1 Å². The molecule has 174 valence electrons. The monoisotopic (exact) mass is 457 g/mol. The quantitative estimate of drug-likeness (QED) is 0.591. The van der Waals surface area contributed by atoms with Crippen molar-refractivity contribution >= 4 is 21.6 Å². The molecule has 0 radical (unpaired) electrons. The molecular formula is C25H35N3O3S. The molecule has 1 heterocycles. The predicted molar refractivity (Wildman–Crippen MR) is 130 cm³/mol. The minimum absolute atomic E-state index is 0.0386. The first-order chi connectivity index (χ1) is 15.2. The molecule has 32 heavy (non-hydrogen) atoms. The number of rotatable bonds is 9. The van der Waals surface area contributed by atoms with Crippen molar-refractivity contribution in [2.75, 3.05) is 18.0 Å². The number of amides is 1. The van der Waals surface area contributed by atoms with Crippen LogP contribution in [0.4, 0.5) is 5.69 Å². The molecule has 1 saturated heterocycles. The molecule has 0 bridgehead atoms. The van der Waals surface area contributed by atoms with E-state index >= 15 is 0 Å². The van der Waals surface area contributed by atoms with Crippen LogP contribution >= 0.6 is 0 Å². The van der Waals surface area contributed by atoms with Crippen molar-refractivity contribution < 1.29 is 13.2 Å². The van der Waals surface area contributed by atoms with E-state index in [0.29, 0.717) is 6.42 Å². The molecule has 1 amide bonds. The van der Waals surface area contributed by atoms with Gasteiger partial charge in [0.25, 0.3) is 0 Å². The Morgan fingerprint density at radius 2 is 1.59 bits per heavy atom. The van der Waals surface area contributed by atoms with Gasteiger partial charge in [-0.3, -0.25) is 4.79 Å². The van der Waals surface area contributed by atoms with E-state index in [1.807, 2.05) is 75.4 Å². The highest BCUT2D eigenvalue weighted by Crippen LogP contribution is 2.31. The van der Waals surface area contributed by atoms with Crippen LogP contribution in [0.3, 0.4) is 0 Å². The normalized spacial score (nSPS) is 17.3. The zero-order valence-electron chi connectivity index (χ0n) is 19.2. The van der Waals surface area contributed by atoms with Gasteiger partial charge in [-0.05, 0) is 55.4 Å². The molecule has 3 rings (SSSR count). The van der Waals surface area contributed by atoms with Gasteiger partial charge in [0.2, 0.25) is 15.9 Å². The van der Waals surface area contributed by atoms with E-state index in [9.17, 15) is 13.2 Å². The largest absolute Gasteiger partial charge is 0.371 e. The summed E-state index contributed by atoms with van der Waals surface area (Å²) < 4.78 is 29.5. The fourth-order valence-corrected chi connectivity index (χ4v) is 6.28. The maximum Gasteiger partial charge on any atom is 0.220 e. The first-order valence-electron chi connectivity index (χ1n) is 11.4. The number of piperidine rings is 1. The summed E-state index contributed by atoms with van der Waals surface area (Å²) in [5, 5.41) is -0.586. The van der Waals surface area contributed by atoms with Gasteiger partial charge in [0.05, 0.1) is 0 Å². The SMILES string of the molecule is CC(C)C[C@@H](c1ccccc1)S(=O)(=O)NC(C)c1ccc(N2CCC(C(N)=O)CC2)cc1. The summed E-state index contributed by atoms with van der Waals surface area (Å²) in [6.45, 7) is 7.55. The second kappa shape index (κ2) is 10.5.